The molecule has 1 N–H and O–H groups in total. The monoisotopic (exact) mass is 252 g/mol. The third-order valence-electron chi connectivity index (χ3n) is 5.58. The Hall–Kier alpha value is -0.0800. The molecule has 1 aliphatic carbocycles. The van der Waals surface area contributed by atoms with Gasteiger partial charge in [0.05, 0.1) is 0 Å². The summed E-state index contributed by atoms with van der Waals surface area (Å²) < 4.78 is 0. The Morgan fingerprint density at radius 2 is 1.78 bits per heavy atom. The van der Waals surface area contributed by atoms with E-state index in [0.717, 1.165) is 17.8 Å². The largest absolute Gasteiger partial charge is 0.316 e. The van der Waals surface area contributed by atoms with Crippen LogP contribution in [0.1, 0.15) is 47.0 Å². The lowest BCUT2D eigenvalue weighted by atomic mass is 9.68. The average Bonchev–Trinajstić information content (AvgIpc) is 2.57. The van der Waals surface area contributed by atoms with E-state index in [1.54, 1.807) is 0 Å². The van der Waals surface area contributed by atoms with Gasteiger partial charge in [-0.25, -0.2) is 0 Å². The molecule has 1 aliphatic heterocycles. The first-order valence-corrected chi connectivity index (χ1v) is 7.83. The van der Waals surface area contributed by atoms with E-state index in [-0.39, 0.29) is 0 Å². The molecular weight excluding hydrogens is 220 g/mol. The summed E-state index contributed by atoms with van der Waals surface area (Å²) in [5, 5.41) is 3.61. The van der Waals surface area contributed by atoms with Crippen molar-refractivity contribution in [3.63, 3.8) is 0 Å². The average molecular weight is 252 g/mol. The molecule has 1 saturated heterocycles. The summed E-state index contributed by atoms with van der Waals surface area (Å²) >= 11 is 0. The fraction of sp³-hybridized carbons (Fsp3) is 1.00. The molecule has 106 valence electrons. The van der Waals surface area contributed by atoms with Crippen molar-refractivity contribution < 1.29 is 0 Å². The zero-order chi connectivity index (χ0) is 13.3. The van der Waals surface area contributed by atoms with Crippen molar-refractivity contribution in [2.45, 2.75) is 53.0 Å². The maximum atomic E-state index is 3.61. The highest BCUT2D eigenvalue weighted by Crippen LogP contribution is 2.39. The van der Waals surface area contributed by atoms with E-state index >= 15 is 0 Å². The van der Waals surface area contributed by atoms with Crippen molar-refractivity contribution in [3.8, 4) is 0 Å². The summed E-state index contributed by atoms with van der Waals surface area (Å²) in [6.45, 7) is 13.6. The lowest BCUT2D eigenvalue weighted by Gasteiger charge is -2.45. The minimum Gasteiger partial charge on any atom is -0.316 e. The Balaban J connectivity index is 1.95. The van der Waals surface area contributed by atoms with Crippen molar-refractivity contribution >= 4 is 0 Å². The van der Waals surface area contributed by atoms with E-state index in [9.17, 15) is 0 Å². The molecule has 2 fully saturated rings. The van der Waals surface area contributed by atoms with Gasteiger partial charge in [-0.15, -0.1) is 0 Å². The highest BCUT2D eigenvalue weighted by Gasteiger charge is 2.39. The fourth-order valence-corrected chi connectivity index (χ4v) is 4.33. The van der Waals surface area contributed by atoms with Gasteiger partial charge in [0.25, 0.3) is 0 Å². The molecule has 18 heavy (non-hydrogen) atoms. The molecule has 0 bridgehead atoms. The first kappa shape index (κ1) is 14.3. The van der Waals surface area contributed by atoms with Gasteiger partial charge < -0.3 is 10.2 Å². The smallest absolute Gasteiger partial charge is 0.0156 e. The van der Waals surface area contributed by atoms with E-state index in [1.165, 1.54) is 38.9 Å². The molecule has 0 aromatic carbocycles. The van der Waals surface area contributed by atoms with Gasteiger partial charge >= 0.3 is 0 Å². The van der Waals surface area contributed by atoms with Gasteiger partial charge in [0.15, 0.2) is 0 Å². The van der Waals surface area contributed by atoms with E-state index in [4.69, 9.17) is 0 Å². The van der Waals surface area contributed by atoms with Gasteiger partial charge in [0, 0.05) is 25.7 Å². The lowest BCUT2D eigenvalue weighted by molar-refractivity contribution is 0.0887. The standard InChI is InChI=1S/C16H32N2/c1-12-9-18(10-13(12)2)11-14-7-6-8-16(3,4)15(14)17-5/h12-15,17H,6-11H2,1-5H3. The molecule has 2 heteroatoms. The predicted molar refractivity (Wildman–Crippen MR) is 78.7 cm³/mol. The van der Waals surface area contributed by atoms with Crippen LogP contribution in [0, 0.1) is 23.2 Å². The van der Waals surface area contributed by atoms with Gasteiger partial charge in [-0.2, -0.15) is 0 Å². The molecule has 2 nitrogen and oxygen atoms in total. The van der Waals surface area contributed by atoms with Gasteiger partial charge in [-0.05, 0) is 43.1 Å². The number of likely N-dealkylation sites (tertiary alicyclic amines) is 1. The highest BCUT2D eigenvalue weighted by atomic mass is 15.2. The number of hydrogen-bond donors (Lipinski definition) is 1. The van der Waals surface area contributed by atoms with Crippen LogP contribution in [0.15, 0.2) is 0 Å². The Morgan fingerprint density at radius 1 is 1.17 bits per heavy atom. The molecule has 0 spiro atoms. The summed E-state index contributed by atoms with van der Waals surface area (Å²) in [7, 11) is 2.15. The Kier molecular flexibility index (Phi) is 4.38. The van der Waals surface area contributed by atoms with Crippen molar-refractivity contribution in [1.82, 2.24) is 10.2 Å². The van der Waals surface area contributed by atoms with E-state index < -0.39 is 0 Å². The van der Waals surface area contributed by atoms with Gasteiger partial charge in [0.2, 0.25) is 0 Å². The summed E-state index contributed by atoms with van der Waals surface area (Å²) in [6.07, 6.45) is 4.20. The minimum absolute atomic E-state index is 0.467. The first-order valence-electron chi connectivity index (χ1n) is 7.83. The van der Waals surface area contributed by atoms with Gasteiger partial charge in [-0.1, -0.05) is 34.1 Å². The molecule has 1 heterocycles. The molecule has 0 aromatic rings. The molecule has 0 aromatic heterocycles. The molecule has 4 unspecified atom stereocenters. The molecule has 1 saturated carbocycles. The SMILES string of the molecule is CNC1C(CN2CC(C)C(C)C2)CCCC1(C)C. The quantitative estimate of drug-likeness (QED) is 0.831. The normalized spacial score (nSPS) is 41.2. The third-order valence-corrected chi connectivity index (χ3v) is 5.58. The zero-order valence-electron chi connectivity index (χ0n) is 13.0. The van der Waals surface area contributed by atoms with E-state index in [0.29, 0.717) is 11.5 Å². The summed E-state index contributed by atoms with van der Waals surface area (Å²) in [5.41, 5.74) is 0.467. The van der Waals surface area contributed by atoms with Crippen LogP contribution in [0.2, 0.25) is 0 Å². The van der Waals surface area contributed by atoms with Crippen LogP contribution in [0.25, 0.3) is 0 Å². The Labute approximate surface area is 114 Å². The predicted octanol–water partition coefficient (Wildman–Crippen LogP) is 2.99. The second-order valence-corrected chi connectivity index (χ2v) is 7.58. The number of nitrogens with one attached hydrogen (secondary N) is 1. The van der Waals surface area contributed by atoms with Crippen LogP contribution >= 0.6 is 0 Å². The van der Waals surface area contributed by atoms with Crippen LogP contribution in [-0.2, 0) is 0 Å². The molecule has 2 aliphatic rings. The minimum atomic E-state index is 0.467. The maximum Gasteiger partial charge on any atom is 0.0156 e. The van der Waals surface area contributed by atoms with Crippen LogP contribution in [0.4, 0.5) is 0 Å². The summed E-state index contributed by atoms with van der Waals surface area (Å²) in [5.74, 6) is 2.61. The van der Waals surface area contributed by atoms with Crippen LogP contribution in [-0.4, -0.2) is 37.6 Å². The highest BCUT2D eigenvalue weighted by molar-refractivity contribution is 4.94. The number of nitrogens with zero attached hydrogens (tertiary/aromatic N) is 1. The maximum absolute atomic E-state index is 3.61. The molecule has 0 amide bonds. The molecular formula is C16H32N2. The van der Waals surface area contributed by atoms with E-state index in [1.807, 2.05) is 0 Å². The zero-order valence-corrected chi connectivity index (χ0v) is 13.0. The van der Waals surface area contributed by atoms with Crippen LogP contribution in [0.5, 0.6) is 0 Å². The Bertz CT molecular complexity index is 264. The third kappa shape index (κ3) is 2.91. The van der Waals surface area contributed by atoms with Crippen molar-refractivity contribution in [2.75, 3.05) is 26.7 Å². The topological polar surface area (TPSA) is 15.3 Å². The van der Waals surface area contributed by atoms with Crippen molar-refractivity contribution in [2.24, 2.45) is 23.2 Å². The fourth-order valence-electron chi connectivity index (χ4n) is 4.33. The Morgan fingerprint density at radius 3 is 2.33 bits per heavy atom. The first-order chi connectivity index (χ1) is 8.44. The lowest BCUT2D eigenvalue weighted by Crippen LogP contribution is -2.51. The molecule has 2 rings (SSSR count). The molecule has 4 atom stereocenters. The second-order valence-electron chi connectivity index (χ2n) is 7.58. The van der Waals surface area contributed by atoms with Gasteiger partial charge in [-0.3, -0.25) is 0 Å². The second kappa shape index (κ2) is 5.50. The van der Waals surface area contributed by atoms with Crippen molar-refractivity contribution in [1.29, 1.82) is 0 Å². The van der Waals surface area contributed by atoms with E-state index in [2.05, 4.69) is 45.0 Å². The van der Waals surface area contributed by atoms with Crippen molar-refractivity contribution in [3.05, 3.63) is 0 Å². The molecule has 0 radical (unpaired) electrons. The van der Waals surface area contributed by atoms with Crippen LogP contribution in [0.3, 0.4) is 0 Å². The number of hydrogen-bond acceptors (Lipinski definition) is 2. The van der Waals surface area contributed by atoms with Crippen LogP contribution < -0.4 is 5.32 Å². The number of rotatable bonds is 3. The summed E-state index contributed by atoms with van der Waals surface area (Å²) in [4.78, 5) is 2.71. The van der Waals surface area contributed by atoms with Gasteiger partial charge in [0.1, 0.15) is 0 Å². The summed E-state index contributed by atoms with van der Waals surface area (Å²) in [6, 6.07) is 0.692.